The first kappa shape index (κ1) is 11.0. The van der Waals surface area contributed by atoms with Crippen LogP contribution in [0.25, 0.3) is 6.08 Å². The molecule has 0 bridgehead atoms. The van der Waals surface area contributed by atoms with E-state index in [1.54, 1.807) is 0 Å². The largest absolute Gasteiger partial charge is 0.0870 e. The Morgan fingerprint density at radius 3 is 2.50 bits per heavy atom. The van der Waals surface area contributed by atoms with Crippen molar-refractivity contribution in [2.45, 2.75) is 40.5 Å². The lowest BCUT2D eigenvalue weighted by Crippen LogP contribution is -1.94. The van der Waals surface area contributed by atoms with Crippen LogP contribution in [0.3, 0.4) is 0 Å². The molecule has 1 aromatic carbocycles. The van der Waals surface area contributed by atoms with Crippen LogP contribution < -0.4 is 0 Å². The van der Waals surface area contributed by atoms with Gasteiger partial charge in [0.25, 0.3) is 0 Å². The lowest BCUT2D eigenvalue weighted by molar-refractivity contribution is 0.911. The van der Waals surface area contributed by atoms with E-state index in [-0.39, 0.29) is 0 Å². The molecule has 0 saturated heterocycles. The Kier molecular flexibility index (Phi) is 3.94. The fourth-order valence-electron chi connectivity index (χ4n) is 1.87. The summed E-state index contributed by atoms with van der Waals surface area (Å²) in [7, 11) is 0. The first-order valence-corrected chi connectivity index (χ1v) is 5.42. The van der Waals surface area contributed by atoms with Crippen molar-refractivity contribution < 1.29 is 0 Å². The smallest absolute Gasteiger partial charge is 0.0199 e. The summed E-state index contributed by atoms with van der Waals surface area (Å²) in [5, 5.41) is 0. The van der Waals surface area contributed by atoms with Crippen molar-refractivity contribution >= 4 is 6.08 Å². The highest BCUT2D eigenvalue weighted by Gasteiger charge is 2.03. The third-order valence-corrected chi connectivity index (χ3v) is 2.70. The summed E-state index contributed by atoms with van der Waals surface area (Å²) in [4.78, 5) is 0. The Morgan fingerprint density at radius 1 is 1.21 bits per heavy atom. The lowest BCUT2D eigenvalue weighted by Gasteiger charge is -2.10. The van der Waals surface area contributed by atoms with Crippen LogP contribution in [0.15, 0.2) is 18.2 Å². The second-order valence-electron chi connectivity index (χ2n) is 3.83. The van der Waals surface area contributed by atoms with Crippen molar-refractivity contribution in [3.05, 3.63) is 40.5 Å². The molecular formula is C14H20. The third kappa shape index (κ3) is 2.25. The van der Waals surface area contributed by atoms with Crippen molar-refractivity contribution in [3.63, 3.8) is 0 Å². The van der Waals surface area contributed by atoms with Crippen LogP contribution in [-0.4, -0.2) is 0 Å². The normalized spacial score (nSPS) is 11.1. The van der Waals surface area contributed by atoms with Gasteiger partial charge in [0.05, 0.1) is 0 Å². The summed E-state index contributed by atoms with van der Waals surface area (Å²) in [5.74, 6) is 0. The Morgan fingerprint density at radius 2 is 1.93 bits per heavy atom. The second-order valence-corrected chi connectivity index (χ2v) is 3.83. The van der Waals surface area contributed by atoms with Crippen LogP contribution in [0.2, 0.25) is 0 Å². The molecule has 0 fully saturated rings. The minimum atomic E-state index is 1.19. The van der Waals surface area contributed by atoms with Gasteiger partial charge < -0.3 is 0 Å². The molecule has 0 radical (unpaired) electrons. The first-order chi connectivity index (χ1) is 6.70. The van der Waals surface area contributed by atoms with Gasteiger partial charge in [-0.3, -0.25) is 0 Å². The predicted molar refractivity (Wildman–Crippen MR) is 64.6 cm³/mol. The van der Waals surface area contributed by atoms with E-state index in [2.05, 4.69) is 52.0 Å². The number of hydrogen-bond donors (Lipinski definition) is 0. The quantitative estimate of drug-likeness (QED) is 0.664. The molecule has 0 aliphatic carbocycles. The number of allylic oxidation sites excluding steroid dienone is 1. The first-order valence-electron chi connectivity index (χ1n) is 5.42. The average molecular weight is 188 g/mol. The highest BCUT2D eigenvalue weighted by atomic mass is 14.1. The molecule has 0 saturated carbocycles. The van der Waals surface area contributed by atoms with Crippen LogP contribution in [0.4, 0.5) is 0 Å². The molecule has 0 nitrogen and oxygen atoms in total. The number of aryl methyl sites for hydroxylation is 2. The van der Waals surface area contributed by atoms with E-state index in [9.17, 15) is 0 Å². The van der Waals surface area contributed by atoms with Crippen molar-refractivity contribution in [1.82, 2.24) is 0 Å². The Bertz CT molecular complexity index is 332. The maximum Gasteiger partial charge on any atom is -0.0199 e. The van der Waals surface area contributed by atoms with E-state index in [1.807, 2.05) is 0 Å². The lowest BCUT2D eigenvalue weighted by atomic mass is 9.95. The molecule has 0 aromatic heterocycles. The van der Waals surface area contributed by atoms with Gasteiger partial charge in [0.15, 0.2) is 0 Å². The Balaban J connectivity index is 3.18. The Hall–Kier alpha value is -1.04. The van der Waals surface area contributed by atoms with Crippen LogP contribution in [0.1, 0.15) is 42.5 Å². The zero-order valence-electron chi connectivity index (χ0n) is 9.72. The summed E-state index contributed by atoms with van der Waals surface area (Å²) in [6.07, 6.45) is 6.74. The van der Waals surface area contributed by atoms with Crippen LogP contribution in [-0.2, 0) is 6.42 Å². The highest BCUT2D eigenvalue weighted by molar-refractivity contribution is 5.59. The number of hydrogen-bond acceptors (Lipinski definition) is 0. The molecule has 0 N–H and O–H groups in total. The molecule has 0 atom stereocenters. The van der Waals surface area contributed by atoms with Gasteiger partial charge in [0, 0.05) is 0 Å². The zero-order valence-corrected chi connectivity index (χ0v) is 9.72. The molecule has 0 heteroatoms. The van der Waals surface area contributed by atoms with Gasteiger partial charge in [0.2, 0.25) is 0 Å². The topological polar surface area (TPSA) is 0 Å². The molecule has 0 aliphatic rings. The molecular weight excluding hydrogens is 168 g/mol. The van der Waals surface area contributed by atoms with E-state index < -0.39 is 0 Å². The predicted octanol–water partition coefficient (Wildman–Crippen LogP) is 4.29. The van der Waals surface area contributed by atoms with E-state index in [0.29, 0.717) is 0 Å². The molecule has 0 amide bonds. The molecule has 76 valence electrons. The summed E-state index contributed by atoms with van der Waals surface area (Å²) in [6.45, 7) is 8.71. The summed E-state index contributed by atoms with van der Waals surface area (Å²) in [6, 6.07) is 4.49. The van der Waals surface area contributed by atoms with Crippen LogP contribution >= 0.6 is 0 Å². The van der Waals surface area contributed by atoms with Gasteiger partial charge >= 0.3 is 0 Å². The van der Waals surface area contributed by atoms with Gasteiger partial charge in [-0.15, -0.1) is 0 Å². The summed E-state index contributed by atoms with van der Waals surface area (Å²) < 4.78 is 0. The molecule has 14 heavy (non-hydrogen) atoms. The van der Waals surface area contributed by atoms with Crippen LogP contribution in [0.5, 0.6) is 0 Å². The SMILES string of the molecule is CC=Cc1c(C)ccc(CCC)c1C. The molecule has 0 heterocycles. The summed E-state index contributed by atoms with van der Waals surface area (Å²) >= 11 is 0. The number of benzene rings is 1. The molecule has 1 rings (SSSR count). The second kappa shape index (κ2) is 4.99. The van der Waals surface area contributed by atoms with Gasteiger partial charge in [-0.05, 0) is 49.4 Å². The van der Waals surface area contributed by atoms with E-state index in [1.165, 1.54) is 35.1 Å². The van der Waals surface area contributed by atoms with Gasteiger partial charge in [-0.1, -0.05) is 37.6 Å². The molecule has 0 unspecified atom stereocenters. The number of rotatable bonds is 3. The van der Waals surface area contributed by atoms with Gasteiger partial charge in [0.1, 0.15) is 0 Å². The van der Waals surface area contributed by atoms with E-state index >= 15 is 0 Å². The van der Waals surface area contributed by atoms with Crippen LogP contribution in [0, 0.1) is 13.8 Å². The highest BCUT2D eigenvalue weighted by Crippen LogP contribution is 2.20. The fraction of sp³-hybridized carbons (Fsp3) is 0.429. The van der Waals surface area contributed by atoms with Crippen molar-refractivity contribution in [3.8, 4) is 0 Å². The average Bonchev–Trinajstić information content (AvgIpc) is 2.17. The standard InChI is InChI=1S/C14H20/c1-5-7-13-10-9-11(3)14(8-6-2)12(13)4/h6,8-10H,5,7H2,1-4H3. The van der Waals surface area contributed by atoms with Gasteiger partial charge in [-0.25, -0.2) is 0 Å². The maximum atomic E-state index is 2.27. The summed E-state index contributed by atoms with van der Waals surface area (Å²) in [5.41, 5.74) is 5.72. The Labute approximate surface area is 87.7 Å². The minimum absolute atomic E-state index is 1.19. The van der Waals surface area contributed by atoms with Crippen molar-refractivity contribution in [1.29, 1.82) is 0 Å². The molecule has 0 spiro atoms. The zero-order chi connectivity index (χ0) is 10.6. The van der Waals surface area contributed by atoms with E-state index in [4.69, 9.17) is 0 Å². The third-order valence-electron chi connectivity index (χ3n) is 2.70. The fourth-order valence-corrected chi connectivity index (χ4v) is 1.87. The van der Waals surface area contributed by atoms with Crippen molar-refractivity contribution in [2.24, 2.45) is 0 Å². The van der Waals surface area contributed by atoms with Crippen molar-refractivity contribution in [2.75, 3.05) is 0 Å². The minimum Gasteiger partial charge on any atom is -0.0870 e. The van der Waals surface area contributed by atoms with E-state index in [0.717, 1.165) is 0 Å². The molecule has 1 aromatic rings. The monoisotopic (exact) mass is 188 g/mol. The maximum absolute atomic E-state index is 2.27. The van der Waals surface area contributed by atoms with Gasteiger partial charge in [-0.2, -0.15) is 0 Å². The molecule has 0 aliphatic heterocycles.